The van der Waals surface area contributed by atoms with Crippen LogP contribution in [0, 0.1) is 0 Å². The molecule has 0 bridgehead atoms. The Morgan fingerprint density at radius 2 is 1.93 bits per heavy atom. The molecule has 2 atom stereocenters. The number of methoxy groups -OCH3 is 1. The molecule has 29 heavy (non-hydrogen) atoms. The first-order valence-electron chi connectivity index (χ1n) is 9.58. The zero-order chi connectivity index (χ0) is 19.8. The van der Waals surface area contributed by atoms with E-state index in [-0.39, 0.29) is 18.1 Å². The van der Waals surface area contributed by atoms with Crippen LogP contribution < -0.4 is 10.1 Å². The lowest BCUT2D eigenvalue weighted by Gasteiger charge is -2.14. The van der Waals surface area contributed by atoms with Crippen LogP contribution in [0.4, 0.5) is 0 Å². The summed E-state index contributed by atoms with van der Waals surface area (Å²) < 4.78 is 17.2. The van der Waals surface area contributed by atoms with Crippen LogP contribution in [-0.2, 0) is 9.53 Å². The number of aromatic nitrogens is 1. The van der Waals surface area contributed by atoms with Crippen LogP contribution in [0.2, 0.25) is 0 Å². The first-order valence-corrected chi connectivity index (χ1v) is 9.58. The van der Waals surface area contributed by atoms with E-state index in [1.165, 1.54) is 7.11 Å². The summed E-state index contributed by atoms with van der Waals surface area (Å²) in [7, 11) is 1.39. The number of fused-ring (bicyclic) bond motifs is 3. The summed E-state index contributed by atoms with van der Waals surface area (Å²) >= 11 is 0. The Hall–Kier alpha value is -3.38. The van der Waals surface area contributed by atoms with Crippen LogP contribution in [-0.4, -0.2) is 36.8 Å². The SMILES string of the molecule is COC(=O)[C@@H]1C[C@@H](Oc2cc(-c3ccccc3)nc3c2oc2ccccc23)CN1. The number of carbonyl (C=O) groups excluding carboxylic acids is 1. The van der Waals surface area contributed by atoms with Crippen molar-refractivity contribution in [1.29, 1.82) is 0 Å². The standard InChI is InChI=1S/C23H20N2O4/c1-27-23(26)18-11-15(13-24-18)28-20-12-17(14-7-3-2-4-8-14)25-21-16-9-5-6-10-19(16)29-22(20)21/h2-10,12,15,18,24H,11,13H2,1H3/t15-,18+/m1/s1. The maximum atomic E-state index is 11.8. The Morgan fingerprint density at radius 3 is 2.76 bits per heavy atom. The van der Waals surface area contributed by atoms with Gasteiger partial charge < -0.3 is 19.2 Å². The van der Waals surface area contributed by atoms with Crippen molar-refractivity contribution in [3.63, 3.8) is 0 Å². The topological polar surface area (TPSA) is 73.6 Å². The molecule has 6 heteroatoms. The van der Waals surface area contributed by atoms with E-state index in [1.807, 2.05) is 60.7 Å². The second-order valence-corrected chi connectivity index (χ2v) is 7.11. The van der Waals surface area contributed by atoms with Crippen LogP contribution in [0.3, 0.4) is 0 Å². The number of nitrogens with one attached hydrogen (secondary N) is 1. The van der Waals surface area contributed by atoms with Crippen molar-refractivity contribution in [2.45, 2.75) is 18.6 Å². The normalized spacial score (nSPS) is 18.9. The second-order valence-electron chi connectivity index (χ2n) is 7.11. The summed E-state index contributed by atoms with van der Waals surface area (Å²) in [5, 5.41) is 4.10. The minimum Gasteiger partial charge on any atom is -0.485 e. The molecule has 4 aromatic rings. The number of benzene rings is 2. The molecule has 2 aromatic heterocycles. The fourth-order valence-corrected chi connectivity index (χ4v) is 3.79. The van der Waals surface area contributed by atoms with Crippen molar-refractivity contribution >= 4 is 28.0 Å². The fraction of sp³-hybridized carbons (Fsp3) is 0.217. The van der Waals surface area contributed by atoms with Crippen molar-refractivity contribution in [2.75, 3.05) is 13.7 Å². The van der Waals surface area contributed by atoms with Gasteiger partial charge >= 0.3 is 5.97 Å². The van der Waals surface area contributed by atoms with Crippen LogP contribution in [0.1, 0.15) is 6.42 Å². The van der Waals surface area contributed by atoms with E-state index in [2.05, 4.69) is 5.32 Å². The molecule has 1 aliphatic rings. The number of furan rings is 1. The minimum absolute atomic E-state index is 0.165. The molecule has 0 saturated carbocycles. The second kappa shape index (κ2) is 7.22. The highest BCUT2D eigenvalue weighted by Crippen LogP contribution is 2.37. The average molecular weight is 388 g/mol. The summed E-state index contributed by atoms with van der Waals surface area (Å²) in [5.74, 6) is 0.354. The molecule has 0 radical (unpaired) electrons. The van der Waals surface area contributed by atoms with Crippen molar-refractivity contribution in [3.05, 3.63) is 60.7 Å². The molecule has 0 unspecified atom stereocenters. The molecule has 5 rings (SSSR count). The quantitative estimate of drug-likeness (QED) is 0.534. The van der Waals surface area contributed by atoms with E-state index in [0.29, 0.717) is 24.3 Å². The molecule has 3 heterocycles. The number of nitrogens with zero attached hydrogens (tertiary/aromatic N) is 1. The summed E-state index contributed by atoms with van der Waals surface area (Å²) in [4.78, 5) is 16.7. The van der Waals surface area contributed by atoms with Crippen molar-refractivity contribution in [1.82, 2.24) is 10.3 Å². The smallest absolute Gasteiger partial charge is 0.323 e. The number of pyridine rings is 1. The predicted molar refractivity (Wildman–Crippen MR) is 110 cm³/mol. The van der Waals surface area contributed by atoms with Crippen molar-refractivity contribution in [3.8, 4) is 17.0 Å². The van der Waals surface area contributed by atoms with Gasteiger partial charge in [-0.25, -0.2) is 4.98 Å². The number of carbonyl (C=O) groups is 1. The number of hydrogen-bond acceptors (Lipinski definition) is 6. The molecule has 0 amide bonds. The Kier molecular flexibility index (Phi) is 4.41. The van der Waals surface area contributed by atoms with Gasteiger partial charge in [0.05, 0.1) is 12.8 Å². The van der Waals surface area contributed by atoms with E-state index >= 15 is 0 Å². The Bertz CT molecular complexity index is 1190. The molecular weight excluding hydrogens is 368 g/mol. The van der Waals surface area contributed by atoms with Gasteiger partial charge in [-0.1, -0.05) is 42.5 Å². The van der Waals surface area contributed by atoms with Crippen molar-refractivity contribution in [2.24, 2.45) is 0 Å². The van der Waals surface area contributed by atoms with Crippen LogP contribution >= 0.6 is 0 Å². The van der Waals surface area contributed by atoms with E-state index < -0.39 is 0 Å². The number of hydrogen-bond donors (Lipinski definition) is 1. The minimum atomic E-state index is -0.355. The molecule has 1 saturated heterocycles. The monoisotopic (exact) mass is 388 g/mol. The Morgan fingerprint density at radius 1 is 1.14 bits per heavy atom. The Balaban J connectivity index is 1.59. The molecule has 2 aromatic carbocycles. The number of esters is 1. The summed E-state index contributed by atoms with van der Waals surface area (Å²) in [6.07, 6.45) is 0.374. The van der Waals surface area contributed by atoms with Crippen LogP contribution in [0.25, 0.3) is 33.3 Å². The fourth-order valence-electron chi connectivity index (χ4n) is 3.79. The largest absolute Gasteiger partial charge is 0.485 e. The van der Waals surface area contributed by atoms with E-state index in [0.717, 1.165) is 27.7 Å². The number of para-hydroxylation sites is 1. The number of rotatable bonds is 4. The zero-order valence-corrected chi connectivity index (χ0v) is 15.9. The molecule has 1 aliphatic heterocycles. The maximum absolute atomic E-state index is 11.8. The van der Waals surface area contributed by atoms with Gasteiger partial charge in [0.2, 0.25) is 0 Å². The van der Waals surface area contributed by atoms with Crippen molar-refractivity contribution < 1.29 is 18.7 Å². The van der Waals surface area contributed by atoms with Gasteiger partial charge in [0.15, 0.2) is 11.3 Å². The Labute approximate surface area is 167 Å². The van der Waals surface area contributed by atoms with Gasteiger partial charge in [-0.3, -0.25) is 4.79 Å². The van der Waals surface area contributed by atoms with Gasteiger partial charge in [0.25, 0.3) is 0 Å². The third-order valence-corrected chi connectivity index (χ3v) is 5.23. The maximum Gasteiger partial charge on any atom is 0.323 e. The lowest BCUT2D eigenvalue weighted by molar-refractivity contribution is -0.142. The lowest BCUT2D eigenvalue weighted by atomic mass is 10.1. The summed E-state index contributed by atoms with van der Waals surface area (Å²) in [5.41, 5.74) is 3.97. The molecule has 6 nitrogen and oxygen atoms in total. The van der Waals surface area contributed by atoms with Crippen LogP contribution in [0.15, 0.2) is 65.1 Å². The highest BCUT2D eigenvalue weighted by molar-refractivity contribution is 6.05. The summed E-state index contributed by atoms with van der Waals surface area (Å²) in [6.45, 7) is 0.560. The highest BCUT2D eigenvalue weighted by Gasteiger charge is 2.32. The third-order valence-electron chi connectivity index (χ3n) is 5.23. The molecule has 0 spiro atoms. The highest BCUT2D eigenvalue weighted by atomic mass is 16.5. The summed E-state index contributed by atoms with van der Waals surface area (Å²) in [6, 6.07) is 19.4. The van der Waals surface area contributed by atoms with E-state index in [1.54, 1.807) is 0 Å². The first kappa shape index (κ1) is 17.7. The van der Waals surface area contributed by atoms with Gasteiger partial charge in [0, 0.05) is 30.0 Å². The predicted octanol–water partition coefficient (Wildman–Crippen LogP) is 3.93. The van der Waals surface area contributed by atoms with Gasteiger partial charge in [-0.15, -0.1) is 0 Å². The first-order chi connectivity index (χ1) is 14.2. The molecular formula is C23H20N2O4. The molecule has 1 fully saturated rings. The molecule has 1 N–H and O–H groups in total. The van der Waals surface area contributed by atoms with E-state index in [9.17, 15) is 4.79 Å². The molecule has 146 valence electrons. The van der Waals surface area contributed by atoms with Gasteiger partial charge in [-0.2, -0.15) is 0 Å². The van der Waals surface area contributed by atoms with E-state index in [4.69, 9.17) is 18.9 Å². The average Bonchev–Trinajstić information content (AvgIpc) is 3.39. The number of ether oxygens (including phenoxy) is 2. The third kappa shape index (κ3) is 3.21. The van der Waals surface area contributed by atoms with Gasteiger partial charge in [0.1, 0.15) is 23.2 Å². The molecule has 0 aliphatic carbocycles. The van der Waals surface area contributed by atoms with Crippen LogP contribution in [0.5, 0.6) is 5.75 Å². The lowest BCUT2D eigenvalue weighted by Crippen LogP contribution is -2.31. The zero-order valence-electron chi connectivity index (χ0n) is 15.9. The van der Waals surface area contributed by atoms with Gasteiger partial charge in [-0.05, 0) is 12.1 Å².